The second-order valence-electron chi connectivity index (χ2n) is 6.42. The summed E-state index contributed by atoms with van der Waals surface area (Å²) in [6.07, 6.45) is 3.65. The third kappa shape index (κ3) is 3.90. The van der Waals surface area contributed by atoms with Crippen molar-refractivity contribution in [2.75, 3.05) is 0 Å². The molecule has 1 aromatic heterocycles. The molecule has 2 N–H and O–H groups in total. The molecule has 0 unspecified atom stereocenters. The molecule has 132 valence electrons. The number of thiophene rings is 1. The topological polar surface area (TPSA) is 61.7 Å². The quantitative estimate of drug-likeness (QED) is 0.632. The number of hydrogen-bond acceptors (Lipinski definition) is 4. The number of carbonyl (C=O) groups is 1. The Hall–Kier alpha value is -2.21. The number of amides is 1. The number of aryl methyl sites for hydroxylation is 1. The normalized spacial score (nSPS) is 17.2. The lowest BCUT2D eigenvalue weighted by Gasteiger charge is -2.16. The van der Waals surface area contributed by atoms with E-state index in [-0.39, 0.29) is 11.7 Å². The Morgan fingerprint density at radius 3 is 3.00 bits per heavy atom. The van der Waals surface area contributed by atoms with Crippen LogP contribution in [0.4, 0.5) is 4.39 Å². The predicted octanol–water partition coefficient (Wildman–Crippen LogP) is 4.26. The molecule has 1 heterocycles. The Bertz CT molecular complexity index is 829. The van der Waals surface area contributed by atoms with Gasteiger partial charge in [-0.15, -0.1) is 11.3 Å². The van der Waals surface area contributed by atoms with Crippen molar-refractivity contribution in [2.45, 2.75) is 39.5 Å². The zero-order valence-corrected chi connectivity index (χ0v) is 15.1. The van der Waals surface area contributed by atoms with Gasteiger partial charge in [0.1, 0.15) is 11.6 Å². The summed E-state index contributed by atoms with van der Waals surface area (Å²) >= 11 is 1.52. The molecule has 1 aliphatic rings. The molecule has 1 amide bonds. The number of fused-ring (bicyclic) bond motifs is 1. The van der Waals surface area contributed by atoms with Crippen molar-refractivity contribution in [3.05, 3.63) is 51.0 Å². The Morgan fingerprint density at radius 1 is 1.44 bits per heavy atom. The number of phenols is 1. The molecule has 6 heteroatoms. The van der Waals surface area contributed by atoms with E-state index in [1.807, 2.05) is 13.0 Å². The van der Waals surface area contributed by atoms with Crippen molar-refractivity contribution >= 4 is 23.0 Å². The first-order valence-electron chi connectivity index (χ1n) is 8.45. The second kappa shape index (κ2) is 7.35. The Morgan fingerprint density at radius 2 is 2.24 bits per heavy atom. The van der Waals surface area contributed by atoms with Gasteiger partial charge in [0.15, 0.2) is 0 Å². The summed E-state index contributed by atoms with van der Waals surface area (Å²) < 4.78 is 13.4. The molecule has 2 aromatic rings. The molecule has 4 nitrogen and oxygen atoms in total. The minimum atomic E-state index is -0.458. The molecular weight excluding hydrogens is 339 g/mol. The van der Waals surface area contributed by atoms with Crippen LogP contribution >= 0.6 is 11.3 Å². The van der Waals surface area contributed by atoms with Gasteiger partial charge in [-0.3, -0.25) is 4.79 Å². The van der Waals surface area contributed by atoms with Crippen LogP contribution in [0.25, 0.3) is 0 Å². The van der Waals surface area contributed by atoms with Crippen LogP contribution in [-0.4, -0.2) is 16.7 Å². The monoisotopic (exact) mass is 360 g/mol. The zero-order valence-electron chi connectivity index (χ0n) is 14.3. The predicted molar refractivity (Wildman–Crippen MR) is 97.9 cm³/mol. The molecule has 3 rings (SSSR count). The molecular formula is C19H21FN2O2S. The molecule has 1 atom stereocenters. The first-order valence-corrected chi connectivity index (χ1v) is 9.27. The number of nitrogens with one attached hydrogen (secondary N) is 1. The summed E-state index contributed by atoms with van der Waals surface area (Å²) in [5.74, 6) is -0.135. The maximum atomic E-state index is 13.4. The van der Waals surface area contributed by atoms with Gasteiger partial charge >= 0.3 is 0 Å². The van der Waals surface area contributed by atoms with E-state index in [2.05, 4.69) is 17.5 Å². The van der Waals surface area contributed by atoms with Crippen molar-refractivity contribution in [2.24, 2.45) is 11.0 Å². The SMILES string of the molecule is CC/C(=N\NC(=O)c1cc2c(s1)CC[C@H](C)C2)c1cc(F)ccc1O. The van der Waals surface area contributed by atoms with Crippen molar-refractivity contribution in [1.29, 1.82) is 0 Å². The van der Waals surface area contributed by atoms with Crippen molar-refractivity contribution in [1.82, 2.24) is 5.43 Å². The van der Waals surface area contributed by atoms with E-state index in [1.54, 1.807) is 0 Å². The van der Waals surface area contributed by atoms with Crippen LogP contribution in [0.5, 0.6) is 5.75 Å². The third-order valence-electron chi connectivity index (χ3n) is 4.45. The summed E-state index contributed by atoms with van der Waals surface area (Å²) in [6.45, 7) is 4.06. The van der Waals surface area contributed by atoms with E-state index >= 15 is 0 Å². The first-order chi connectivity index (χ1) is 12.0. The minimum absolute atomic E-state index is 0.0585. The minimum Gasteiger partial charge on any atom is -0.507 e. The molecule has 0 radical (unpaired) electrons. The molecule has 0 fully saturated rings. The van der Waals surface area contributed by atoms with E-state index in [4.69, 9.17) is 0 Å². The maximum Gasteiger partial charge on any atom is 0.281 e. The van der Waals surface area contributed by atoms with E-state index in [0.29, 0.717) is 28.5 Å². The van der Waals surface area contributed by atoms with Crippen LogP contribution in [0, 0.1) is 11.7 Å². The fourth-order valence-corrected chi connectivity index (χ4v) is 4.16. The molecule has 0 aliphatic heterocycles. The maximum absolute atomic E-state index is 13.4. The number of carbonyl (C=O) groups excluding carboxylic acids is 1. The molecule has 25 heavy (non-hydrogen) atoms. The van der Waals surface area contributed by atoms with E-state index in [1.165, 1.54) is 40.0 Å². The molecule has 0 bridgehead atoms. The molecule has 1 aliphatic carbocycles. The van der Waals surface area contributed by atoms with Gasteiger partial charge < -0.3 is 5.11 Å². The molecule has 0 saturated carbocycles. The molecule has 0 spiro atoms. The number of aromatic hydroxyl groups is 1. The van der Waals surface area contributed by atoms with Crippen LogP contribution < -0.4 is 5.43 Å². The van der Waals surface area contributed by atoms with Crippen LogP contribution in [0.15, 0.2) is 29.4 Å². The van der Waals surface area contributed by atoms with Gasteiger partial charge in [-0.25, -0.2) is 9.82 Å². The van der Waals surface area contributed by atoms with Gasteiger partial charge in [-0.05, 0) is 61.4 Å². The van der Waals surface area contributed by atoms with Crippen LogP contribution in [-0.2, 0) is 12.8 Å². The van der Waals surface area contributed by atoms with Crippen LogP contribution in [0.2, 0.25) is 0 Å². The summed E-state index contributed by atoms with van der Waals surface area (Å²) in [5.41, 5.74) is 4.53. The van der Waals surface area contributed by atoms with Gasteiger partial charge in [0, 0.05) is 10.4 Å². The van der Waals surface area contributed by atoms with Gasteiger partial charge in [-0.2, -0.15) is 5.10 Å². The number of nitrogens with zero attached hydrogens (tertiary/aromatic N) is 1. The largest absolute Gasteiger partial charge is 0.507 e. The van der Waals surface area contributed by atoms with Crippen molar-refractivity contribution < 1.29 is 14.3 Å². The van der Waals surface area contributed by atoms with Gasteiger partial charge in [0.25, 0.3) is 5.91 Å². The number of rotatable bonds is 4. The average molecular weight is 360 g/mol. The number of phenolic OH excluding ortho intramolecular Hbond substituents is 1. The zero-order chi connectivity index (χ0) is 18.0. The van der Waals surface area contributed by atoms with Crippen LogP contribution in [0.1, 0.15) is 52.4 Å². The highest BCUT2D eigenvalue weighted by molar-refractivity contribution is 7.14. The highest BCUT2D eigenvalue weighted by Gasteiger charge is 2.20. The summed E-state index contributed by atoms with van der Waals surface area (Å²) in [4.78, 5) is 14.3. The van der Waals surface area contributed by atoms with Gasteiger partial charge in [0.05, 0.1) is 10.6 Å². The Balaban J connectivity index is 1.78. The summed E-state index contributed by atoms with van der Waals surface area (Å²) in [6, 6.07) is 5.63. The third-order valence-corrected chi connectivity index (χ3v) is 5.69. The lowest BCUT2D eigenvalue weighted by molar-refractivity contribution is 0.0958. The highest BCUT2D eigenvalue weighted by Crippen LogP contribution is 2.32. The molecule has 0 saturated heterocycles. The smallest absolute Gasteiger partial charge is 0.281 e. The van der Waals surface area contributed by atoms with E-state index < -0.39 is 5.82 Å². The summed E-state index contributed by atoms with van der Waals surface area (Å²) in [5, 5.41) is 14.0. The van der Waals surface area contributed by atoms with Gasteiger partial charge in [0.2, 0.25) is 0 Å². The van der Waals surface area contributed by atoms with Crippen molar-refractivity contribution in [3.63, 3.8) is 0 Å². The Labute approximate surface area is 150 Å². The van der Waals surface area contributed by atoms with E-state index in [9.17, 15) is 14.3 Å². The number of hydrogen-bond donors (Lipinski definition) is 2. The van der Waals surface area contributed by atoms with Crippen LogP contribution in [0.3, 0.4) is 0 Å². The fourth-order valence-electron chi connectivity index (χ4n) is 3.06. The summed E-state index contributed by atoms with van der Waals surface area (Å²) in [7, 11) is 0. The number of halogens is 1. The fraction of sp³-hybridized carbons (Fsp3) is 0.368. The average Bonchev–Trinajstić information content (AvgIpc) is 3.01. The van der Waals surface area contributed by atoms with Gasteiger partial charge in [-0.1, -0.05) is 13.8 Å². The molecule has 1 aromatic carbocycles. The Kier molecular flexibility index (Phi) is 5.18. The number of benzene rings is 1. The van der Waals surface area contributed by atoms with E-state index in [0.717, 1.165) is 19.3 Å². The first kappa shape index (κ1) is 17.6. The standard InChI is InChI=1S/C19H21FN2O2S/c1-3-15(14-10-13(20)5-6-16(14)23)21-22-19(24)18-9-12-8-11(2)4-7-17(12)25-18/h5-6,9-11,23H,3-4,7-8H2,1-2H3,(H,22,24)/b21-15+/t11-/m0/s1. The number of hydrazone groups is 1. The second-order valence-corrected chi connectivity index (χ2v) is 7.56. The lowest BCUT2D eigenvalue weighted by Crippen LogP contribution is -2.19. The lowest BCUT2D eigenvalue weighted by atomic mass is 9.90. The highest BCUT2D eigenvalue weighted by atomic mass is 32.1. The van der Waals surface area contributed by atoms with Crippen molar-refractivity contribution in [3.8, 4) is 5.75 Å².